The fourth-order valence-corrected chi connectivity index (χ4v) is 2.78. The average Bonchev–Trinajstić information content (AvgIpc) is 2.82. The normalized spacial score (nSPS) is 12.6. The first kappa shape index (κ1) is 12.7. The van der Waals surface area contributed by atoms with Crippen molar-refractivity contribution in [1.82, 2.24) is 5.43 Å². The second kappa shape index (κ2) is 5.73. The van der Waals surface area contributed by atoms with E-state index in [1.165, 1.54) is 10.9 Å². The van der Waals surface area contributed by atoms with E-state index in [9.17, 15) is 4.39 Å². The van der Waals surface area contributed by atoms with Gasteiger partial charge in [0.05, 0.1) is 10.5 Å². The Balaban J connectivity index is 2.20. The maximum Gasteiger partial charge on any atom is 0.137 e. The summed E-state index contributed by atoms with van der Waals surface area (Å²) in [5, 5.41) is 2.03. The fourth-order valence-electron chi connectivity index (χ4n) is 1.63. The van der Waals surface area contributed by atoms with Crippen LogP contribution in [0.1, 0.15) is 16.5 Å². The van der Waals surface area contributed by atoms with E-state index in [4.69, 9.17) is 5.84 Å². The zero-order valence-electron chi connectivity index (χ0n) is 8.99. The van der Waals surface area contributed by atoms with E-state index in [0.29, 0.717) is 4.47 Å². The predicted octanol–water partition coefficient (Wildman–Crippen LogP) is 3.40. The van der Waals surface area contributed by atoms with Crippen LogP contribution in [0.5, 0.6) is 0 Å². The van der Waals surface area contributed by atoms with Gasteiger partial charge in [0, 0.05) is 11.3 Å². The molecule has 90 valence electrons. The Kier molecular flexibility index (Phi) is 4.28. The summed E-state index contributed by atoms with van der Waals surface area (Å²) in [6.07, 6.45) is 0.798. The van der Waals surface area contributed by atoms with E-state index in [1.807, 2.05) is 11.4 Å². The highest BCUT2D eigenvalue weighted by atomic mass is 79.9. The van der Waals surface area contributed by atoms with Crippen molar-refractivity contribution in [2.45, 2.75) is 12.5 Å². The molecule has 0 saturated heterocycles. The van der Waals surface area contributed by atoms with Gasteiger partial charge in [-0.3, -0.25) is 11.3 Å². The number of hydrogen-bond acceptors (Lipinski definition) is 3. The molecule has 2 rings (SSSR count). The van der Waals surface area contributed by atoms with Gasteiger partial charge in [-0.25, -0.2) is 4.39 Å². The summed E-state index contributed by atoms with van der Waals surface area (Å²) >= 11 is 4.87. The Bertz CT molecular complexity index is 487. The molecule has 17 heavy (non-hydrogen) atoms. The molecule has 1 heterocycles. The molecule has 1 unspecified atom stereocenters. The third-order valence-corrected chi connectivity index (χ3v) is 4.04. The van der Waals surface area contributed by atoms with Crippen LogP contribution in [0.4, 0.5) is 4.39 Å². The molecular formula is C12H12BrFN2S. The largest absolute Gasteiger partial charge is 0.271 e. The van der Waals surface area contributed by atoms with Crippen LogP contribution in [-0.4, -0.2) is 0 Å². The molecule has 0 fully saturated rings. The molecule has 3 N–H and O–H groups in total. The molecular weight excluding hydrogens is 303 g/mol. The Morgan fingerprint density at radius 2 is 2.24 bits per heavy atom. The number of thiophene rings is 1. The van der Waals surface area contributed by atoms with Crippen LogP contribution < -0.4 is 11.3 Å². The molecule has 2 aromatic rings. The molecule has 2 nitrogen and oxygen atoms in total. The van der Waals surface area contributed by atoms with Gasteiger partial charge in [0.25, 0.3) is 0 Å². The van der Waals surface area contributed by atoms with Gasteiger partial charge in [-0.15, -0.1) is 11.3 Å². The minimum absolute atomic E-state index is 0.00875. The third kappa shape index (κ3) is 3.13. The monoisotopic (exact) mass is 314 g/mol. The van der Waals surface area contributed by atoms with Crippen LogP contribution in [-0.2, 0) is 6.42 Å². The van der Waals surface area contributed by atoms with E-state index in [2.05, 4.69) is 27.4 Å². The van der Waals surface area contributed by atoms with Crippen LogP contribution in [0.25, 0.3) is 0 Å². The van der Waals surface area contributed by atoms with Crippen molar-refractivity contribution in [2.24, 2.45) is 5.84 Å². The summed E-state index contributed by atoms with van der Waals surface area (Å²) in [6.45, 7) is 0. The molecule has 0 aliphatic rings. The van der Waals surface area contributed by atoms with Crippen molar-refractivity contribution < 1.29 is 4.39 Å². The number of halogens is 2. The second-order valence-electron chi connectivity index (χ2n) is 3.68. The van der Waals surface area contributed by atoms with E-state index in [1.54, 1.807) is 23.5 Å². The number of hydrazine groups is 1. The number of rotatable bonds is 4. The quantitative estimate of drug-likeness (QED) is 0.670. The maximum absolute atomic E-state index is 13.1. The zero-order chi connectivity index (χ0) is 12.3. The molecule has 0 amide bonds. The molecule has 1 aromatic heterocycles. The standard InChI is InChI=1S/C12H12BrFN2S/c13-10-6-8(3-4-11(10)14)12(16-15)7-9-2-1-5-17-9/h1-6,12,16H,7,15H2. The Morgan fingerprint density at radius 1 is 1.41 bits per heavy atom. The van der Waals surface area contributed by atoms with Crippen molar-refractivity contribution in [1.29, 1.82) is 0 Å². The highest BCUT2D eigenvalue weighted by molar-refractivity contribution is 9.10. The Hall–Kier alpha value is -0.750. The van der Waals surface area contributed by atoms with E-state index >= 15 is 0 Å². The number of nitrogens with one attached hydrogen (secondary N) is 1. The summed E-state index contributed by atoms with van der Waals surface area (Å²) in [6, 6.07) is 9.01. The molecule has 5 heteroatoms. The molecule has 1 atom stereocenters. The molecule has 0 radical (unpaired) electrons. The molecule has 0 spiro atoms. The van der Waals surface area contributed by atoms with Crippen LogP contribution in [0.2, 0.25) is 0 Å². The number of benzene rings is 1. The highest BCUT2D eigenvalue weighted by Crippen LogP contribution is 2.24. The van der Waals surface area contributed by atoms with Gasteiger partial charge in [-0.1, -0.05) is 12.1 Å². The van der Waals surface area contributed by atoms with Gasteiger partial charge in [0.15, 0.2) is 0 Å². The highest BCUT2D eigenvalue weighted by Gasteiger charge is 2.12. The molecule has 1 aromatic carbocycles. The first-order valence-electron chi connectivity index (χ1n) is 5.14. The molecule has 0 aliphatic carbocycles. The second-order valence-corrected chi connectivity index (χ2v) is 5.56. The van der Waals surface area contributed by atoms with Gasteiger partial charge < -0.3 is 0 Å². The summed E-state index contributed by atoms with van der Waals surface area (Å²) in [4.78, 5) is 1.24. The predicted molar refractivity (Wildman–Crippen MR) is 72.2 cm³/mol. The SMILES string of the molecule is NNC(Cc1cccs1)c1ccc(F)c(Br)c1. The lowest BCUT2D eigenvalue weighted by Gasteiger charge is -2.15. The lowest BCUT2D eigenvalue weighted by Crippen LogP contribution is -2.29. The minimum atomic E-state index is -0.263. The fraction of sp³-hybridized carbons (Fsp3) is 0.167. The number of nitrogens with two attached hydrogens (primary N) is 1. The van der Waals surface area contributed by atoms with Crippen molar-refractivity contribution >= 4 is 27.3 Å². The van der Waals surface area contributed by atoms with Gasteiger partial charge in [0.1, 0.15) is 5.82 Å². The minimum Gasteiger partial charge on any atom is -0.271 e. The van der Waals surface area contributed by atoms with Crippen molar-refractivity contribution in [3.63, 3.8) is 0 Å². The average molecular weight is 315 g/mol. The van der Waals surface area contributed by atoms with E-state index in [-0.39, 0.29) is 11.9 Å². The lowest BCUT2D eigenvalue weighted by molar-refractivity contribution is 0.552. The third-order valence-electron chi connectivity index (χ3n) is 2.53. The van der Waals surface area contributed by atoms with E-state index in [0.717, 1.165) is 12.0 Å². The van der Waals surface area contributed by atoms with Crippen LogP contribution in [0, 0.1) is 5.82 Å². The topological polar surface area (TPSA) is 38.0 Å². The first-order chi connectivity index (χ1) is 8.20. The van der Waals surface area contributed by atoms with Crippen LogP contribution >= 0.6 is 27.3 Å². The van der Waals surface area contributed by atoms with Crippen LogP contribution in [0.3, 0.4) is 0 Å². The molecule has 0 aliphatic heterocycles. The molecule has 0 saturated carbocycles. The van der Waals surface area contributed by atoms with Crippen molar-refractivity contribution in [3.8, 4) is 0 Å². The maximum atomic E-state index is 13.1. The summed E-state index contributed by atoms with van der Waals surface area (Å²) in [5.41, 5.74) is 3.73. The van der Waals surface area contributed by atoms with Crippen molar-refractivity contribution in [2.75, 3.05) is 0 Å². The van der Waals surface area contributed by atoms with Crippen molar-refractivity contribution in [3.05, 3.63) is 56.4 Å². The molecule has 0 bridgehead atoms. The van der Waals surface area contributed by atoms with Gasteiger partial charge in [-0.2, -0.15) is 0 Å². The summed E-state index contributed by atoms with van der Waals surface area (Å²) < 4.78 is 13.6. The summed E-state index contributed by atoms with van der Waals surface area (Å²) in [5.74, 6) is 5.29. The first-order valence-corrected chi connectivity index (χ1v) is 6.81. The Labute approximate surface area is 112 Å². The smallest absolute Gasteiger partial charge is 0.137 e. The zero-order valence-corrected chi connectivity index (χ0v) is 11.4. The summed E-state index contributed by atoms with van der Waals surface area (Å²) in [7, 11) is 0. The van der Waals surface area contributed by atoms with Crippen LogP contribution in [0.15, 0.2) is 40.2 Å². The number of hydrogen-bond donors (Lipinski definition) is 2. The lowest BCUT2D eigenvalue weighted by atomic mass is 10.0. The van der Waals surface area contributed by atoms with E-state index < -0.39 is 0 Å². The van der Waals surface area contributed by atoms with Gasteiger partial charge in [0.2, 0.25) is 0 Å². The van der Waals surface area contributed by atoms with Gasteiger partial charge >= 0.3 is 0 Å². The van der Waals surface area contributed by atoms with Gasteiger partial charge in [-0.05, 0) is 45.1 Å². The Morgan fingerprint density at radius 3 is 2.82 bits per heavy atom.